The average molecular weight is 275 g/mol. The molecule has 1 aromatic carbocycles. The third-order valence-electron chi connectivity index (χ3n) is 2.93. The van der Waals surface area contributed by atoms with Gasteiger partial charge in [0.2, 0.25) is 0 Å². The first-order chi connectivity index (χ1) is 9.61. The fraction of sp³-hybridized carbons (Fsp3) is 0.385. The van der Waals surface area contributed by atoms with Gasteiger partial charge in [0.25, 0.3) is 5.69 Å². The molecule has 0 aliphatic rings. The number of aryl methyl sites for hydroxylation is 1. The summed E-state index contributed by atoms with van der Waals surface area (Å²) in [6, 6.07) is 5.01. The molecule has 0 spiro atoms. The normalized spacial score (nSPS) is 10.7. The highest BCUT2D eigenvalue weighted by molar-refractivity contribution is 5.48. The summed E-state index contributed by atoms with van der Waals surface area (Å²) in [7, 11) is 0. The van der Waals surface area contributed by atoms with Gasteiger partial charge in [-0.1, -0.05) is 18.2 Å². The van der Waals surface area contributed by atoms with Crippen molar-refractivity contribution in [3.8, 4) is 5.69 Å². The molecule has 7 nitrogen and oxygen atoms in total. The van der Waals surface area contributed by atoms with E-state index >= 15 is 0 Å². The molecule has 0 saturated heterocycles. The minimum absolute atomic E-state index is 0.0867. The molecule has 1 aromatic heterocycles. The lowest BCUT2D eigenvalue weighted by Crippen LogP contribution is -2.13. The van der Waals surface area contributed by atoms with Gasteiger partial charge in [-0.25, -0.2) is 4.68 Å². The van der Waals surface area contributed by atoms with Crippen molar-refractivity contribution in [3.05, 3.63) is 45.8 Å². The Morgan fingerprint density at radius 3 is 2.95 bits per heavy atom. The highest BCUT2D eigenvalue weighted by Gasteiger charge is 2.12. The zero-order valence-electron chi connectivity index (χ0n) is 11.5. The number of nitrogens with zero attached hydrogens (tertiary/aromatic N) is 4. The van der Waals surface area contributed by atoms with E-state index in [2.05, 4.69) is 22.6 Å². The number of nitro groups is 1. The number of hydrogen-bond acceptors (Lipinski definition) is 5. The maximum Gasteiger partial charge on any atom is 0.274 e. The summed E-state index contributed by atoms with van der Waals surface area (Å²) in [5.41, 5.74) is 2.16. The van der Waals surface area contributed by atoms with Gasteiger partial charge in [0, 0.05) is 18.2 Å². The second kappa shape index (κ2) is 6.25. The second-order valence-electron chi connectivity index (χ2n) is 4.56. The quantitative estimate of drug-likeness (QED) is 0.495. The van der Waals surface area contributed by atoms with Crippen molar-refractivity contribution in [1.29, 1.82) is 0 Å². The Hall–Kier alpha value is -2.28. The first kappa shape index (κ1) is 14.1. The fourth-order valence-corrected chi connectivity index (χ4v) is 1.84. The van der Waals surface area contributed by atoms with Gasteiger partial charge in [0.1, 0.15) is 0 Å². The molecule has 2 aromatic rings. The van der Waals surface area contributed by atoms with Crippen LogP contribution in [0.1, 0.15) is 24.6 Å². The minimum atomic E-state index is -0.389. The molecule has 2 rings (SSSR count). The summed E-state index contributed by atoms with van der Waals surface area (Å²) in [5, 5.41) is 22.2. The summed E-state index contributed by atoms with van der Waals surface area (Å²) in [6.45, 7) is 5.36. The molecule has 0 radical (unpaired) electrons. The Balaban J connectivity index is 2.19. The molecular formula is C13H17N5O2. The molecule has 1 heterocycles. The van der Waals surface area contributed by atoms with Crippen LogP contribution >= 0.6 is 0 Å². The lowest BCUT2D eigenvalue weighted by Gasteiger charge is -2.02. The van der Waals surface area contributed by atoms with E-state index in [1.54, 1.807) is 29.9 Å². The number of nitrogens with one attached hydrogen (secondary N) is 1. The van der Waals surface area contributed by atoms with Crippen molar-refractivity contribution in [2.24, 2.45) is 0 Å². The van der Waals surface area contributed by atoms with Crippen LogP contribution in [0.15, 0.2) is 24.4 Å². The molecule has 0 saturated carbocycles. The van der Waals surface area contributed by atoms with Crippen LogP contribution in [-0.4, -0.2) is 26.5 Å². The predicted molar refractivity (Wildman–Crippen MR) is 74.7 cm³/mol. The van der Waals surface area contributed by atoms with E-state index in [4.69, 9.17) is 0 Å². The lowest BCUT2D eigenvalue weighted by atomic mass is 10.2. The smallest absolute Gasteiger partial charge is 0.274 e. The number of aromatic nitrogens is 3. The SMILES string of the molecule is CCCNCc1cn(-c2ccc(C)c([N+](=O)[O-])c2)nn1. The van der Waals surface area contributed by atoms with Gasteiger partial charge in [-0.3, -0.25) is 10.1 Å². The van der Waals surface area contributed by atoms with E-state index in [9.17, 15) is 10.1 Å². The van der Waals surface area contributed by atoms with E-state index in [0.29, 0.717) is 17.8 Å². The molecule has 7 heteroatoms. The molecule has 0 unspecified atom stereocenters. The summed E-state index contributed by atoms with van der Waals surface area (Å²) in [5.74, 6) is 0. The van der Waals surface area contributed by atoms with Crippen molar-refractivity contribution in [1.82, 2.24) is 20.3 Å². The average Bonchev–Trinajstić information content (AvgIpc) is 2.88. The zero-order valence-corrected chi connectivity index (χ0v) is 11.5. The Morgan fingerprint density at radius 2 is 2.25 bits per heavy atom. The van der Waals surface area contributed by atoms with Gasteiger partial charge in [0.15, 0.2) is 0 Å². The summed E-state index contributed by atoms with van der Waals surface area (Å²) < 4.78 is 1.55. The zero-order chi connectivity index (χ0) is 14.5. The molecule has 0 aliphatic heterocycles. The molecule has 20 heavy (non-hydrogen) atoms. The Morgan fingerprint density at radius 1 is 1.45 bits per heavy atom. The summed E-state index contributed by atoms with van der Waals surface area (Å²) >= 11 is 0. The second-order valence-corrected chi connectivity index (χ2v) is 4.56. The van der Waals surface area contributed by atoms with Crippen LogP contribution in [0.25, 0.3) is 5.69 Å². The Bertz CT molecular complexity index is 609. The van der Waals surface area contributed by atoms with Crippen molar-refractivity contribution in [2.45, 2.75) is 26.8 Å². The van der Waals surface area contributed by atoms with Crippen LogP contribution in [-0.2, 0) is 6.54 Å². The van der Waals surface area contributed by atoms with Crippen LogP contribution in [0.4, 0.5) is 5.69 Å². The first-order valence-corrected chi connectivity index (χ1v) is 6.49. The van der Waals surface area contributed by atoms with Crippen LogP contribution in [0.2, 0.25) is 0 Å². The number of hydrogen-bond donors (Lipinski definition) is 1. The highest BCUT2D eigenvalue weighted by atomic mass is 16.6. The molecule has 0 aliphatic carbocycles. The van der Waals surface area contributed by atoms with Crippen LogP contribution in [0, 0.1) is 17.0 Å². The standard InChI is InChI=1S/C13H17N5O2/c1-3-6-14-8-11-9-17(16-15-11)12-5-4-10(2)13(7-12)18(19)20/h4-5,7,9,14H,3,6,8H2,1-2H3. The molecule has 0 bridgehead atoms. The molecule has 0 atom stereocenters. The van der Waals surface area contributed by atoms with Crippen molar-refractivity contribution < 1.29 is 4.92 Å². The Labute approximate surface area is 116 Å². The fourth-order valence-electron chi connectivity index (χ4n) is 1.84. The van der Waals surface area contributed by atoms with E-state index in [-0.39, 0.29) is 10.6 Å². The number of benzene rings is 1. The first-order valence-electron chi connectivity index (χ1n) is 6.49. The monoisotopic (exact) mass is 275 g/mol. The maximum atomic E-state index is 10.9. The molecule has 1 N–H and O–H groups in total. The van der Waals surface area contributed by atoms with Crippen molar-refractivity contribution >= 4 is 5.69 Å². The van der Waals surface area contributed by atoms with Crippen LogP contribution in [0.3, 0.4) is 0 Å². The van der Waals surface area contributed by atoms with Gasteiger partial charge in [-0.05, 0) is 26.0 Å². The van der Waals surface area contributed by atoms with Crippen molar-refractivity contribution in [2.75, 3.05) is 6.54 Å². The van der Waals surface area contributed by atoms with E-state index in [0.717, 1.165) is 18.7 Å². The van der Waals surface area contributed by atoms with E-state index in [1.165, 1.54) is 6.07 Å². The molecule has 106 valence electrons. The van der Waals surface area contributed by atoms with Crippen LogP contribution < -0.4 is 5.32 Å². The predicted octanol–water partition coefficient (Wildman–Crippen LogP) is 1.98. The van der Waals surface area contributed by atoms with Gasteiger partial charge in [-0.15, -0.1) is 5.10 Å². The maximum absolute atomic E-state index is 10.9. The molecule has 0 amide bonds. The third-order valence-corrected chi connectivity index (χ3v) is 2.93. The minimum Gasteiger partial charge on any atom is -0.311 e. The van der Waals surface area contributed by atoms with Gasteiger partial charge < -0.3 is 5.32 Å². The Kier molecular flexibility index (Phi) is 4.41. The van der Waals surface area contributed by atoms with Gasteiger partial charge in [-0.2, -0.15) is 0 Å². The van der Waals surface area contributed by atoms with Gasteiger partial charge >= 0.3 is 0 Å². The third kappa shape index (κ3) is 3.18. The van der Waals surface area contributed by atoms with Gasteiger partial charge in [0.05, 0.1) is 22.5 Å². The highest BCUT2D eigenvalue weighted by Crippen LogP contribution is 2.21. The topological polar surface area (TPSA) is 85.9 Å². The molecular weight excluding hydrogens is 258 g/mol. The van der Waals surface area contributed by atoms with Crippen molar-refractivity contribution in [3.63, 3.8) is 0 Å². The largest absolute Gasteiger partial charge is 0.311 e. The summed E-state index contributed by atoms with van der Waals surface area (Å²) in [6.07, 6.45) is 2.83. The van der Waals surface area contributed by atoms with Crippen LogP contribution in [0.5, 0.6) is 0 Å². The molecule has 0 fully saturated rings. The van der Waals surface area contributed by atoms with E-state index < -0.39 is 0 Å². The number of rotatable bonds is 6. The lowest BCUT2D eigenvalue weighted by molar-refractivity contribution is -0.385. The summed E-state index contributed by atoms with van der Waals surface area (Å²) in [4.78, 5) is 10.5. The van der Waals surface area contributed by atoms with E-state index in [1.807, 2.05) is 0 Å². The number of nitro benzene ring substituents is 1.